The van der Waals surface area contributed by atoms with Crippen LogP contribution in [0, 0.1) is 11.6 Å². The summed E-state index contributed by atoms with van der Waals surface area (Å²) in [6.07, 6.45) is 3.07. The van der Waals surface area contributed by atoms with Crippen LogP contribution in [-0.2, 0) is 20.1 Å². The number of aromatic nitrogens is 7. The van der Waals surface area contributed by atoms with Gasteiger partial charge in [-0.25, -0.2) is 18.6 Å². The van der Waals surface area contributed by atoms with E-state index in [0.717, 1.165) is 21.5 Å². The lowest BCUT2D eigenvalue weighted by Gasteiger charge is -2.18. The van der Waals surface area contributed by atoms with Crippen LogP contribution in [0.5, 0.6) is 5.75 Å². The molecule has 0 saturated carbocycles. The minimum absolute atomic E-state index is 0.0564. The third kappa shape index (κ3) is 4.64. The van der Waals surface area contributed by atoms with Gasteiger partial charge in [0.1, 0.15) is 29.1 Å². The number of ether oxygens (including phenoxy) is 1. The van der Waals surface area contributed by atoms with Crippen molar-refractivity contribution in [2.24, 2.45) is 7.05 Å². The maximum Gasteiger partial charge on any atom is 0.332 e. The SMILES string of the molecule is COc1cc(-c2cc3cn[nH]c3cc2Cl)cc2c1c(=O)n(Cc1ncn(C)n1)c(=O)n2Cc1cc(Cl)c(F)cc1F. The zero-order valence-electron chi connectivity index (χ0n) is 21.5. The van der Waals surface area contributed by atoms with Crippen LogP contribution in [0.1, 0.15) is 11.4 Å². The summed E-state index contributed by atoms with van der Waals surface area (Å²) < 4.78 is 38.0. The molecular formula is C27H19Cl2F2N7O3. The number of nitrogens with one attached hydrogen (secondary N) is 1. The van der Waals surface area contributed by atoms with Crippen LogP contribution in [-0.4, -0.2) is 41.2 Å². The van der Waals surface area contributed by atoms with Gasteiger partial charge < -0.3 is 4.74 Å². The van der Waals surface area contributed by atoms with Gasteiger partial charge in [-0.2, -0.15) is 10.2 Å². The number of methoxy groups -OCH3 is 1. The summed E-state index contributed by atoms with van der Waals surface area (Å²) in [5.74, 6) is -1.48. The number of rotatable bonds is 6. The molecule has 0 aliphatic rings. The number of benzene rings is 3. The molecule has 0 fully saturated rings. The lowest BCUT2D eigenvalue weighted by Crippen LogP contribution is -2.41. The van der Waals surface area contributed by atoms with E-state index >= 15 is 0 Å². The highest BCUT2D eigenvalue weighted by atomic mass is 35.5. The minimum Gasteiger partial charge on any atom is -0.496 e. The Morgan fingerprint density at radius 3 is 2.51 bits per heavy atom. The standard InChI is InChI=1S/C27H19Cl2F2N7O3/c1-36-12-32-24(35-36)11-38-26(39)25-22(37(27(38)40)10-15-4-18(29)20(31)8-19(15)30)5-13(6-23(25)41-2)16-3-14-9-33-34-21(14)7-17(16)28/h3-9,12H,10-11H2,1-2H3,(H,33,34). The average Bonchev–Trinajstić information content (AvgIpc) is 3.58. The predicted octanol–water partition coefficient (Wildman–Crippen LogP) is 4.53. The van der Waals surface area contributed by atoms with Gasteiger partial charge in [0.25, 0.3) is 5.56 Å². The Bertz CT molecular complexity index is 2120. The number of aryl methyl sites for hydroxylation is 1. The van der Waals surface area contributed by atoms with Crippen molar-refractivity contribution < 1.29 is 13.5 Å². The quantitative estimate of drug-likeness (QED) is 0.282. The highest BCUT2D eigenvalue weighted by molar-refractivity contribution is 6.34. The Labute approximate surface area is 239 Å². The molecule has 0 amide bonds. The predicted molar refractivity (Wildman–Crippen MR) is 150 cm³/mol. The second-order valence-electron chi connectivity index (χ2n) is 9.31. The van der Waals surface area contributed by atoms with Crippen LogP contribution < -0.4 is 16.0 Å². The molecule has 0 saturated heterocycles. The number of fused-ring (bicyclic) bond motifs is 2. The molecule has 0 aliphatic carbocycles. The van der Waals surface area contributed by atoms with Crippen molar-refractivity contribution in [3.63, 3.8) is 0 Å². The number of halogens is 4. The number of hydrogen-bond acceptors (Lipinski definition) is 6. The molecule has 0 unspecified atom stereocenters. The number of aromatic amines is 1. The summed E-state index contributed by atoms with van der Waals surface area (Å²) in [6, 6.07) is 8.48. The van der Waals surface area contributed by atoms with Crippen LogP contribution in [0.15, 0.2) is 58.5 Å². The van der Waals surface area contributed by atoms with Crippen molar-refractivity contribution in [2.75, 3.05) is 7.11 Å². The number of nitrogens with zero attached hydrogens (tertiary/aromatic N) is 6. The third-order valence-corrected chi connectivity index (χ3v) is 7.32. The van der Waals surface area contributed by atoms with E-state index < -0.39 is 22.9 Å². The summed E-state index contributed by atoms with van der Waals surface area (Å²) in [7, 11) is 3.04. The lowest BCUT2D eigenvalue weighted by molar-refractivity contribution is 0.418. The van der Waals surface area contributed by atoms with Gasteiger partial charge in [-0.1, -0.05) is 23.2 Å². The van der Waals surface area contributed by atoms with E-state index in [1.165, 1.54) is 22.7 Å². The summed E-state index contributed by atoms with van der Waals surface area (Å²) in [5, 5.41) is 11.9. The Hall–Kier alpha value is -4.55. The van der Waals surface area contributed by atoms with Gasteiger partial charge in [-0.3, -0.25) is 23.7 Å². The number of hydrogen-bond donors (Lipinski definition) is 1. The van der Waals surface area contributed by atoms with Crippen molar-refractivity contribution >= 4 is 45.0 Å². The maximum atomic E-state index is 14.9. The minimum atomic E-state index is -0.940. The van der Waals surface area contributed by atoms with Crippen molar-refractivity contribution in [2.45, 2.75) is 13.1 Å². The van der Waals surface area contributed by atoms with Gasteiger partial charge in [0.15, 0.2) is 5.82 Å². The molecule has 41 heavy (non-hydrogen) atoms. The Kier molecular flexibility index (Phi) is 6.59. The molecule has 10 nitrogen and oxygen atoms in total. The Balaban J connectivity index is 1.66. The third-order valence-electron chi connectivity index (χ3n) is 6.72. The van der Waals surface area contributed by atoms with E-state index in [-0.39, 0.29) is 46.2 Å². The monoisotopic (exact) mass is 597 g/mol. The normalized spacial score (nSPS) is 11.6. The van der Waals surface area contributed by atoms with E-state index in [1.54, 1.807) is 37.5 Å². The van der Waals surface area contributed by atoms with Crippen LogP contribution in [0.2, 0.25) is 10.0 Å². The van der Waals surface area contributed by atoms with Crippen LogP contribution in [0.25, 0.3) is 32.9 Å². The molecule has 0 bridgehead atoms. The van der Waals surface area contributed by atoms with Crippen molar-refractivity contribution in [3.8, 4) is 16.9 Å². The van der Waals surface area contributed by atoms with Gasteiger partial charge in [0, 0.05) is 29.6 Å². The molecule has 0 radical (unpaired) electrons. The molecule has 14 heteroatoms. The molecular weight excluding hydrogens is 579 g/mol. The van der Waals surface area contributed by atoms with Gasteiger partial charge in [-0.15, -0.1) is 0 Å². The lowest BCUT2D eigenvalue weighted by atomic mass is 10.0. The zero-order chi connectivity index (χ0) is 29.0. The number of H-pyrrole nitrogens is 1. The molecule has 3 aromatic carbocycles. The highest BCUT2D eigenvalue weighted by Gasteiger charge is 2.22. The van der Waals surface area contributed by atoms with Crippen LogP contribution >= 0.6 is 23.2 Å². The molecule has 3 heterocycles. The first-order valence-electron chi connectivity index (χ1n) is 12.1. The fourth-order valence-electron chi connectivity index (χ4n) is 4.75. The second-order valence-corrected chi connectivity index (χ2v) is 10.1. The molecule has 1 N–H and O–H groups in total. The zero-order valence-corrected chi connectivity index (χ0v) is 23.0. The first-order chi connectivity index (χ1) is 19.6. The summed E-state index contributed by atoms with van der Waals surface area (Å²) in [4.78, 5) is 31.8. The van der Waals surface area contributed by atoms with Crippen LogP contribution in [0.4, 0.5) is 8.78 Å². The first-order valence-corrected chi connectivity index (χ1v) is 12.9. The molecule has 6 rings (SSSR count). The van der Waals surface area contributed by atoms with Gasteiger partial charge >= 0.3 is 5.69 Å². The highest BCUT2D eigenvalue weighted by Crippen LogP contribution is 2.36. The Morgan fingerprint density at radius 2 is 1.78 bits per heavy atom. The van der Waals surface area contributed by atoms with Gasteiger partial charge in [0.05, 0.1) is 47.5 Å². The average molecular weight is 598 g/mol. The first kappa shape index (κ1) is 26.7. The topological polar surface area (TPSA) is 113 Å². The summed E-state index contributed by atoms with van der Waals surface area (Å²) in [6.45, 7) is -0.632. The van der Waals surface area contributed by atoms with Crippen molar-refractivity contribution in [3.05, 3.63) is 103 Å². The molecule has 6 aromatic rings. The smallest absolute Gasteiger partial charge is 0.332 e. The maximum absolute atomic E-state index is 14.9. The second kappa shape index (κ2) is 10.1. The molecule has 0 aliphatic heterocycles. The fourth-order valence-corrected chi connectivity index (χ4v) is 5.21. The molecule has 0 spiro atoms. The van der Waals surface area contributed by atoms with Gasteiger partial charge in [0.2, 0.25) is 0 Å². The largest absolute Gasteiger partial charge is 0.496 e. The fraction of sp³-hybridized carbons (Fsp3) is 0.148. The van der Waals surface area contributed by atoms with Gasteiger partial charge in [-0.05, 0) is 35.9 Å². The van der Waals surface area contributed by atoms with Crippen molar-refractivity contribution in [1.29, 1.82) is 0 Å². The Morgan fingerprint density at radius 1 is 0.976 bits per heavy atom. The van der Waals surface area contributed by atoms with E-state index in [9.17, 15) is 18.4 Å². The van der Waals surface area contributed by atoms with E-state index in [2.05, 4.69) is 20.3 Å². The van der Waals surface area contributed by atoms with E-state index in [0.29, 0.717) is 22.2 Å². The summed E-state index contributed by atoms with van der Waals surface area (Å²) in [5.41, 5.74) is 0.468. The molecule has 208 valence electrons. The summed E-state index contributed by atoms with van der Waals surface area (Å²) >= 11 is 12.5. The molecule has 0 atom stereocenters. The molecule has 3 aromatic heterocycles. The van der Waals surface area contributed by atoms with E-state index in [1.807, 2.05) is 0 Å². The van der Waals surface area contributed by atoms with Crippen molar-refractivity contribution in [1.82, 2.24) is 34.1 Å². The van der Waals surface area contributed by atoms with Crippen LogP contribution in [0.3, 0.4) is 0 Å². The van der Waals surface area contributed by atoms with E-state index in [4.69, 9.17) is 27.9 Å².